The molecule has 0 atom stereocenters. The first kappa shape index (κ1) is 19.6. The normalized spacial score (nSPS) is 15.0. The van der Waals surface area contributed by atoms with Gasteiger partial charge in [-0.1, -0.05) is 30.3 Å². The summed E-state index contributed by atoms with van der Waals surface area (Å²) in [5.74, 6) is -0.831. The number of likely N-dealkylation sites (tertiary alicyclic amines) is 1. The highest BCUT2D eigenvalue weighted by Gasteiger charge is 2.26. The minimum atomic E-state index is -0.582. The first-order chi connectivity index (χ1) is 13.5. The van der Waals surface area contributed by atoms with Gasteiger partial charge >= 0.3 is 0 Å². The van der Waals surface area contributed by atoms with Crippen molar-refractivity contribution in [3.63, 3.8) is 0 Å². The molecule has 1 fully saturated rings. The summed E-state index contributed by atoms with van der Waals surface area (Å²) in [6.07, 6.45) is 1.40. The first-order valence-corrected chi connectivity index (χ1v) is 9.30. The van der Waals surface area contributed by atoms with Crippen LogP contribution in [0.5, 0.6) is 0 Å². The molecule has 2 aromatic rings. The van der Waals surface area contributed by atoms with Gasteiger partial charge in [-0.25, -0.2) is 0 Å². The summed E-state index contributed by atoms with van der Waals surface area (Å²) in [7, 11) is 0. The molecule has 4 N–H and O–H groups in total. The second-order valence-corrected chi connectivity index (χ2v) is 6.86. The van der Waals surface area contributed by atoms with E-state index in [1.54, 1.807) is 24.3 Å². The maximum absolute atomic E-state index is 12.4. The number of amides is 3. The summed E-state index contributed by atoms with van der Waals surface area (Å²) in [6, 6.07) is 16.1. The zero-order chi connectivity index (χ0) is 19.9. The second kappa shape index (κ2) is 9.14. The van der Waals surface area contributed by atoms with Crippen molar-refractivity contribution >= 4 is 29.1 Å². The molecule has 3 amide bonds. The number of carbonyl (C=O) groups excluding carboxylic acids is 3. The molecule has 0 unspecified atom stereocenters. The summed E-state index contributed by atoms with van der Waals surface area (Å²) in [5, 5.41) is 5.68. The molecule has 28 heavy (non-hydrogen) atoms. The number of hydrogen-bond donors (Lipinski definition) is 3. The number of nitrogens with one attached hydrogen (secondary N) is 2. The zero-order valence-corrected chi connectivity index (χ0v) is 15.6. The van der Waals surface area contributed by atoms with Crippen LogP contribution in [-0.2, 0) is 9.59 Å². The fourth-order valence-corrected chi connectivity index (χ4v) is 3.32. The minimum absolute atomic E-state index is 0.0192. The molecule has 7 heteroatoms. The standard InChI is InChI=1S/C21H24N4O3/c22-20(27)17-8-4-5-9-18(17)24-19(26)14-25-12-10-15(11-13-25)21(28)23-16-6-2-1-3-7-16/h1-9,15H,10-14H2,(H2,22,27)(H,23,28)(H,24,26). The molecule has 2 aromatic carbocycles. The van der Waals surface area contributed by atoms with Gasteiger partial charge in [-0.3, -0.25) is 19.3 Å². The van der Waals surface area contributed by atoms with E-state index in [1.807, 2.05) is 35.2 Å². The molecule has 146 valence electrons. The Hall–Kier alpha value is -3.19. The smallest absolute Gasteiger partial charge is 0.250 e. The third-order valence-electron chi connectivity index (χ3n) is 4.83. The summed E-state index contributed by atoms with van der Waals surface area (Å²) >= 11 is 0. The number of nitrogens with two attached hydrogens (primary N) is 1. The van der Waals surface area contributed by atoms with Gasteiger partial charge in [0.05, 0.1) is 17.8 Å². The van der Waals surface area contributed by atoms with Gasteiger partial charge in [0.25, 0.3) is 5.91 Å². The van der Waals surface area contributed by atoms with Crippen LogP contribution in [0.15, 0.2) is 54.6 Å². The van der Waals surface area contributed by atoms with Gasteiger partial charge in [-0.2, -0.15) is 0 Å². The average Bonchev–Trinajstić information content (AvgIpc) is 2.69. The summed E-state index contributed by atoms with van der Waals surface area (Å²) in [5.41, 5.74) is 6.83. The van der Waals surface area contributed by atoms with Crippen molar-refractivity contribution in [3.05, 3.63) is 60.2 Å². The van der Waals surface area contributed by atoms with Crippen molar-refractivity contribution in [2.24, 2.45) is 11.7 Å². The molecule has 1 saturated heterocycles. The summed E-state index contributed by atoms with van der Waals surface area (Å²) in [4.78, 5) is 38.2. The highest BCUT2D eigenvalue weighted by Crippen LogP contribution is 2.20. The topological polar surface area (TPSA) is 105 Å². The van der Waals surface area contributed by atoms with Crippen molar-refractivity contribution in [1.29, 1.82) is 0 Å². The number of benzene rings is 2. The van der Waals surface area contributed by atoms with Gasteiger partial charge in [-0.15, -0.1) is 0 Å². The van der Waals surface area contributed by atoms with Gasteiger partial charge in [0.2, 0.25) is 11.8 Å². The Morgan fingerprint density at radius 1 is 0.929 bits per heavy atom. The number of rotatable bonds is 6. The molecule has 0 bridgehead atoms. The molecule has 1 aliphatic heterocycles. The lowest BCUT2D eigenvalue weighted by Crippen LogP contribution is -2.41. The molecular formula is C21H24N4O3. The van der Waals surface area contributed by atoms with Gasteiger partial charge < -0.3 is 16.4 Å². The van der Waals surface area contributed by atoms with Crippen LogP contribution in [0.3, 0.4) is 0 Å². The molecule has 0 spiro atoms. The molecule has 1 aliphatic rings. The van der Waals surface area contributed by atoms with E-state index in [1.165, 1.54) is 0 Å². The van der Waals surface area contributed by atoms with Crippen molar-refractivity contribution in [1.82, 2.24) is 4.90 Å². The molecular weight excluding hydrogens is 356 g/mol. The van der Waals surface area contributed by atoms with Crippen molar-refractivity contribution in [3.8, 4) is 0 Å². The van der Waals surface area contributed by atoms with E-state index in [-0.39, 0.29) is 29.8 Å². The number of piperidine rings is 1. The van der Waals surface area contributed by atoms with Crippen LogP contribution < -0.4 is 16.4 Å². The van der Waals surface area contributed by atoms with Crippen LogP contribution in [0.2, 0.25) is 0 Å². The maximum Gasteiger partial charge on any atom is 0.250 e. The lowest BCUT2D eigenvalue weighted by Gasteiger charge is -2.30. The number of para-hydroxylation sites is 2. The SMILES string of the molecule is NC(=O)c1ccccc1NC(=O)CN1CCC(C(=O)Nc2ccccc2)CC1. The Morgan fingerprint density at radius 2 is 1.57 bits per heavy atom. The van der Waals surface area contributed by atoms with Crippen LogP contribution in [0.4, 0.5) is 11.4 Å². The second-order valence-electron chi connectivity index (χ2n) is 6.86. The van der Waals surface area contributed by atoms with E-state index in [2.05, 4.69) is 10.6 Å². The number of nitrogens with zero attached hydrogens (tertiary/aromatic N) is 1. The van der Waals surface area contributed by atoms with Gasteiger partial charge in [0.1, 0.15) is 0 Å². The van der Waals surface area contributed by atoms with E-state index in [0.29, 0.717) is 31.6 Å². The third-order valence-corrected chi connectivity index (χ3v) is 4.83. The van der Waals surface area contributed by atoms with Crippen molar-refractivity contribution in [2.75, 3.05) is 30.3 Å². The molecule has 0 aromatic heterocycles. The predicted octanol–water partition coefficient (Wildman–Crippen LogP) is 2.07. The van der Waals surface area contributed by atoms with E-state index in [4.69, 9.17) is 5.73 Å². The van der Waals surface area contributed by atoms with Crippen LogP contribution in [0.1, 0.15) is 23.2 Å². The molecule has 1 heterocycles. The number of anilines is 2. The van der Waals surface area contributed by atoms with Gasteiger partial charge in [0, 0.05) is 11.6 Å². The van der Waals surface area contributed by atoms with Crippen LogP contribution in [0, 0.1) is 5.92 Å². The van der Waals surface area contributed by atoms with Crippen LogP contribution in [-0.4, -0.2) is 42.3 Å². The predicted molar refractivity (Wildman–Crippen MR) is 108 cm³/mol. The Balaban J connectivity index is 1.47. The van der Waals surface area contributed by atoms with Crippen molar-refractivity contribution in [2.45, 2.75) is 12.8 Å². The Morgan fingerprint density at radius 3 is 2.25 bits per heavy atom. The van der Waals surface area contributed by atoms with E-state index < -0.39 is 5.91 Å². The zero-order valence-electron chi connectivity index (χ0n) is 15.6. The third kappa shape index (κ3) is 5.17. The van der Waals surface area contributed by atoms with Gasteiger partial charge in [0.15, 0.2) is 0 Å². The van der Waals surface area contributed by atoms with Gasteiger partial charge in [-0.05, 0) is 50.2 Å². The monoisotopic (exact) mass is 380 g/mol. The summed E-state index contributed by atoms with van der Waals surface area (Å²) in [6.45, 7) is 1.54. The Labute approximate surface area is 163 Å². The van der Waals surface area contributed by atoms with E-state index >= 15 is 0 Å². The lowest BCUT2D eigenvalue weighted by molar-refractivity contribution is -0.121. The Bertz CT molecular complexity index is 846. The number of hydrogen-bond acceptors (Lipinski definition) is 4. The van der Waals surface area contributed by atoms with Crippen LogP contribution in [0.25, 0.3) is 0 Å². The van der Waals surface area contributed by atoms with E-state index in [0.717, 1.165) is 5.69 Å². The lowest BCUT2D eigenvalue weighted by atomic mass is 9.96. The first-order valence-electron chi connectivity index (χ1n) is 9.30. The number of carbonyl (C=O) groups is 3. The summed E-state index contributed by atoms with van der Waals surface area (Å²) < 4.78 is 0. The number of primary amides is 1. The molecule has 3 rings (SSSR count). The molecule has 0 saturated carbocycles. The highest BCUT2D eigenvalue weighted by atomic mass is 16.2. The molecule has 0 aliphatic carbocycles. The Kier molecular flexibility index (Phi) is 6.39. The largest absolute Gasteiger partial charge is 0.366 e. The molecule has 7 nitrogen and oxygen atoms in total. The van der Waals surface area contributed by atoms with Crippen molar-refractivity contribution < 1.29 is 14.4 Å². The molecule has 0 radical (unpaired) electrons. The average molecular weight is 380 g/mol. The fourth-order valence-electron chi connectivity index (χ4n) is 3.32. The quantitative estimate of drug-likeness (QED) is 0.713. The highest BCUT2D eigenvalue weighted by molar-refractivity contribution is 6.03. The minimum Gasteiger partial charge on any atom is -0.366 e. The maximum atomic E-state index is 12.4. The van der Waals surface area contributed by atoms with Crippen LogP contribution >= 0.6 is 0 Å². The fraction of sp³-hybridized carbons (Fsp3) is 0.286. The van der Waals surface area contributed by atoms with E-state index in [9.17, 15) is 14.4 Å².